The SMILES string of the molecule is N#CCc1nccc(Cl)c1N. The molecule has 11 heavy (non-hydrogen) atoms. The zero-order chi connectivity index (χ0) is 8.27. The maximum absolute atomic E-state index is 8.35. The molecule has 0 atom stereocenters. The predicted octanol–water partition coefficient (Wildman–Crippen LogP) is 1.38. The molecule has 1 aromatic heterocycles. The van der Waals surface area contributed by atoms with Crippen LogP contribution in [0.1, 0.15) is 5.69 Å². The molecule has 0 aliphatic carbocycles. The van der Waals surface area contributed by atoms with Crippen molar-refractivity contribution in [2.75, 3.05) is 5.73 Å². The van der Waals surface area contributed by atoms with E-state index in [1.165, 1.54) is 6.20 Å². The van der Waals surface area contributed by atoms with Gasteiger partial charge in [0.15, 0.2) is 0 Å². The first-order chi connectivity index (χ1) is 5.25. The van der Waals surface area contributed by atoms with Crippen LogP contribution in [0.15, 0.2) is 12.3 Å². The van der Waals surface area contributed by atoms with E-state index in [4.69, 9.17) is 22.6 Å². The number of hydrogen-bond donors (Lipinski definition) is 1. The van der Waals surface area contributed by atoms with E-state index in [0.29, 0.717) is 16.4 Å². The van der Waals surface area contributed by atoms with Crippen molar-refractivity contribution in [2.24, 2.45) is 0 Å². The molecule has 1 aromatic rings. The van der Waals surface area contributed by atoms with Gasteiger partial charge in [0.05, 0.1) is 28.9 Å². The molecule has 0 bridgehead atoms. The Morgan fingerprint density at radius 2 is 2.45 bits per heavy atom. The second-order valence-corrected chi connectivity index (χ2v) is 2.40. The number of anilines is 1. The van der Waals surface area contributed by atoms with Crippen molar-refractivity contribution < 1.29 is 0 Å². The van der Waals surface area contributed by atoms with Gasteiger partial charge < -0.3 is 5.73 Å². The Labute approximate surface area is 69.4 Å². The number of aromatic nitrogens is 1. The number of rotatable bonds is 1. The Balaban J connectivity index is 3.08. The molecule has 0 fully saturated rings. The zero-order valence-corrected chi connectivity index (χ0v) is 6.47. The number of nitrogens with zero attached hydrogens (tertiary/aromatic N) is 2. The van der Waals surface area contributed by atoms with Gasteiger partial charge in [-0.25, -0.2) is 0 Å². The normalized spacial score (nSPS) is 9.09. The lowest BCUT2D eigenvalue weighted by Gasteiger charge is -2.00. The Morgan fingerprint density at radius 3 is 3.09 bits per heavy atom. The molecule has 1 heterocycles. The molecule has 4 heteroatoms. The van der Waals surface area contributed by atoms with E-state index in [1.807, 2.05) is 6.07 Å². The minimum Gasteiger partial charge on any atom is -0.396 e. The summed E-state index contributed by atoms with van der Waals surface area (Å²) >= 11 is 5.68. The molecule has 0 saturated carbocycles. The highest BCUT2D eigenvalue weighted by atomic mass is 35.5. The van der Waals surface area contributed by atoms with Crippen LogP contribution in [0.5, 0.6) is 0 Å². The average Bonchev–Trinajstić information content (AvgIpc) is 1.99. The first kappa shape index (κ1) is 7.83. The Bertz CT molecular complexity index is 303. The number of hydrogen-bond acceptors (Lipinski definition) is 3. The summed E-state index contributed by atoms with van der Waals surface area (Å²) in [4.78, 5) is 3.90. The minimum atomic E-state index is 0.201. The number of nitrogens with two attached hydrogens (primary N) is 1. The Morgan fingerprint density at radius 1 is 1.73 bits per heavy atom. The molecular formula is C7H6ClN3. The van der Waals surface area contributed by atoms with E-state index in [1.54, 1.807) is 6.07 Å². The predicted molar refractivity (Wildman–Crippen MR) is 43.0 cm³/mol. The van der Waals surface area contributed by atoms with Crippen molar-refractivity contribution in [3.05, 3.63) is 23.0 Å². The van der Waals surface area contributed by atoms with Gasteiger partial charge in [-0.2, -0.15) is 5.26 Å². The highest BCUT2D eigenvalue weighted by Crippen LogP contribution is 2.19. The summed E-state index contributed by atoms with van der Waals surface area (Å²) in [5, 5.41) is 8.80. The van der Waals surface area contributed by atoms with E-state index in [0.717, 1.165) is 0 Å². The summed E-state index contributed by atoms with van der Waals surface area (Å²) < 4.78 is 0. The van der Waals surface area contributed by atoms with Crippen molar-refractivity contribution in [1.82, 2.24) is 4.98 Å². The van der Waals surface area contributed by atoms with Crippen LogP contribution in [0, 0.1) is 11.3 Å². The fourth-order valence-electron chi connectivity index (χ4n) is 0.706. The molecular weight excluding hydrogens is 162 g/mol. The monoisotopic (exact) mass is 167 g/mol. The first-order valence-electron chi connectivity index (χ1n) is 3.01. The molecule has 0 unspecified atom stereocenters. The zero-order valence-electron chi connectivity index (χ0n) is 5.71. The Hall–Kier alpha value is -1.27. The largest absolute Gasteiger partial charge is 0.396 e. The molecule has 0 amide bonds. The molecule has 0 aromatic carbocycles. The second-order valence-electron chi connectivity index (χ2n) is 1.99. The molecule has 0 saturated heterocycles. The van der Waals surface area contributed by atoms with Crippen LogP contribution < -0.4 is 5.73 Å². The average molecular weight is 168 g/mol. The van der Waals surface area contributed by atoms with Gasteiger partial charge in [0.1, 0.15) is 0 Å². The summed E-state index contributed by atoms with van der Waals surface area (Å²) in [6, 6.07) is 3.55. The van der Waals surface area contributed by atoms with Crippen LogP contribution in [-0.2, 0) is 6.42 Å². The van der Waals surface area contributed by atoms with Crippen LogP contribution in [0.2, 0.25) is 5.02 Å². The van der Waals surface area contributed by atoms with Crippen LogP contribution in [0.3, 0.4) is 0 Å². The van der Waals surface area contributed by atoms with Crippen LogP contribution in [0.4, 0.5) is 5.69 Å². The van der Waals surface area contributed by atoms with Gasteiger partial charge in [0, 0.05) is 6.20 Å². The van der Waals surface area contributed by atoms with E-state index in [-0.39, 0.29) is 6.42 Å². The number of pyridine rings is 1. The van der Waals surface area contributed by atoms with E-state index >= 15 is 0 Å². The van der Waals surface area contributed by atoms with Crippen molar-refractivity contribution >= 4 is 17.3 Å². The van der Waals surface area contributed by atoms with Gasteiger partial charge in [-0.05, 0) is 6.07 Å². The van der Waals surface area contributed by atoms with Crippen molar-refractivity contribution in [1.29, 1.82) is 5.26 Å². The van der Waals surface area contributed by atoms with Crippen LogP contribution in [0.25, 0.3) is 0 Å². The topological polar surface area (TPSA) is 62.7 Å². The smallest absolute Gasteiger partial charge is 0.0796 e. The fourth-order valence-corrected chi connectivity index (χ4v) is 0.871. The quantitative estimate of drug-likeness (QED) is 0.688. The summed E-state index contributed by atoms with van der Waals surface area (Å²) in [5.74, 6) is 0. The maximum atomic E-state index is 8.35. The minimum absolute atomic E-state index is 0.201. The van der Waals surface area contributed by atoms with Gasteiger partial charge in [0.2, 0.25) is 0 Å². The lowest BCUT2D eigenvalue weighted by atomic mass is 10.2. The maximum Gasteiger partial charge on any atom is 0.0796 e. The fraction of sp³-hybridized carbons (Fsp3) is 0.143. The van der Waals surface area contributed by atoms with E-state index in [2.05, 4.69) is 4.98 Å². The van der Waals surface area contributed by atoms with Gasteiger partial charge >= 0.3 is 0 Å². The number of halogens is 1. The van der Waals surface area contributed by atoms with Crippen LogP contribution >= 0.6 is 11.6 Å². The molecule has 0 spiro atoms. The molecule has 3 nitrogen and oxygen atoms in total. The highest BCUT2D eigenvalue weighted by molar-refractivity contribution is 6.33. The first-order valence-corrected chi connectivity index (χ1v) is 3.39. The highest BCUT2D eigenvalue weighted by Gasteiger charge is 2.02. The Kier molecular flexibility index (Phi) is 2.29. The van der Waals surface area contributed by atoms with Gasteiger partial charge in [-0.15, -0.1) is 0 Å². The standard InChI is InChI=1S/C7H6ClN3/c8-5-2-4-11-6(1-3-9)7(5)10/h2,4H,1,10H2. The van der Waals surface area contributed by atoms with Gasteiger partial charge in [-0.1, -0.05) is 11.6 Å². The summed E-state index contributed by atoms with van der Waals surface area (Å²) in [7, 11) is 0. The lowest BCUT2D eigenvalue weighted by molar-refractivity contribution is 1.12. The number of nitrogen functional groups attached to an aromatic ring is 1. The van der Waals surface area contributed by atoms with E-state index in [9.17, 15) is 0 Å². The third-order valence-electron chi connectivity index (χ3n) is 1.27. The van der Waals surface area contributed by atoms with E-state index < -0.39 is 0 Å². The summed E-state index contributed by atoms with van der Waals surface area (Å²) in [6.45, 7) is 0. The third-order valence-corrected chi connectivity index (χ3v) is 1.60. The molecule has 1 rings (SSSR count). The molecule has 0 aliphatic rings. The molecule has 0 aliphatic heterocycles. The van der Waals surface area contributed by atoms with Crippen molar-refractivity contribution in [3.8, 4) is 6.07 Å². The lowest BCUT2D eigenvalue weighted by Crippen LogP contribution is -1.96. The van der Waals surface area contributed by atoms with Crippen molar-refractivity contribution in [2.45, 2.75) is 6.42 Å². The second kappa shape index (κ2) is 3.22. The third kappa shape index (κ3) is 1.60. The summed E-state index contributed by atoms with van der Waals surface area (Å²) in [6.07, 6.45) is 1.73. The number of nitriles is 1. The van der Waals surface area contributed by atoms with Crippen molar-refractivity contribution in [3.63, 3.8) is 0 Å². The van der Waals surface area contributed by atoms with Gasteiger partial charge in [0.25, 0.3) is 0 Å². The molecule has 0 radical (unpaired) electrons. The molecule has 56 valence electrons. The van der Waals surface area contributed by atoms with Gasteiger partial charge in [-0.3, -0.25) is 4.98 Å². The summed E-state index contributed by atoms with van der Waals surface area (Å²) in [5.41, 5.74) is 6.46. The molecule has 2 N–H and O–H groups in total. The van der Waals surface area contributed by atoms with Crippen LogP contribution in [-0.4, -0.2) is 4.98 Å².